The number of rotatable bonds is 4. The summed E-state index contributed by atoms with van der Waals surface area (Å²) in [5.41, 5.74) is 0.734. The molecule has 21 heavy (non-hydrogen) atoms. The van der Waals surface area contributed by atoms with Crippen molar-refractivity contribution < 1.29 is 14.6 Å². The fraction of sp³-hybridized carbons (Fsp3) is 0.500. The lowest BCUT2D eigenvalue weighted by molar-refractivity contribution is 0.0701. The fourth-order valence-electron chi connectivity index (χ4n) is 2.73. The average molecular weight is 307 g/mol. The molecule has 0 aliphatic carbocycles. The second-order valence-corrected chi connectivity index (χ2v) is 6.25. The molecule has 0 amide bonds. The topological polar surface area (TPSA) is 75.5 Å². The smallest absolute Gasteiger partial charge is 0.346 e. The molecule has 1 N–H and O–H groups in total. The maximum absolute atomic E-state index is 11.3. The number of aromatic nitrogens is 2. The van der Waals surface area contributed by atoms with Gasteiger partial charge in [-0.2, -0.15) is 0 Å². The van der Waals surface area contributed by atoms with E-state index in [1.807, 2.05) is 18.9 Å². The quantitative estimate of drug-likeness (QED) is 0.934. The molecule has 1 fully saturated rings. The summed E-state index contributed by atoms with van der Waals surface area (Å²) >= 11 is 1.20. The molecule has 0 aromatic carbocycles. The third-order valence-corrected chi connectivity index (χ3v) is 4.95. The molecule has 3 heterocycles. The molecule has 7 heteroatoms. The molecule has 1 aliphatic heterocycles. The van der Waals surface area contributed by atoms with Crippen molar-refractivity contribution in [3.05, 3.63) is 16.8 Å². The van der Waals surface area contributed by atoms with E-state index in [1.54, 1.807) is 0 Å². The molecule has 112 valence electrons. The molecule has 2 aromatic rings. The first kappa shape index (κ1) is 14.2. The van der Waals surface area contributed by atoms with Crippen molar-refractivity contribution in [2.45, 2.75) is 25.9 Å². The summed E-state index contributed by atoms with van der Waals surface area (Å²) in [5.74, 6) is -0.139. The number of carboxylic acid groups (broad SMARTS) is 1. The van der Waals surface area contributed by atoms with Crippen LogP contribution >= 0.6 is 11.3 Å². The van der Waals surface area contributed by atoms with E-state index in [2.05, 4.69) is 9.97 Å². The summed E-state index contributed by atoms with van der Waals surface area (Å²) < 4.78 is 5.65. The minimum Gasteiger partial charge on any atom is -0.477 e. The predicted molar refractivity (Wildman–Crippen MR) is 81.4 cm³/mol. The maximum atomic E-state index is 11.3. The van der Waals surface area contributed by atoms with Crippen LogP contribution in [0.4, 0.5) is 5.82 Å². The standard InChI is InChI=1S/C14H17N3O3S/c1-8-10-12(17(2)6-9-4-3-5-20-9)15-7-16-13(10)21-11(8)14(18)19/h7,9H,3-6H2,1-2H3,(H,18,19). The van der Waals surface area contributed by atoms with E-state index in [9.17, 15) is 9.90 Å². The van der Waals surface area contributed by atoms with Crippen LogP contribution in [0, 0.1) is 6.92 Å². The first-order chi connectivity index (χ1) is 10.1. The SMILES string of the molecule is Cc1c(C(=O)O)sc2ncnc(N(C)CC3CCCO3)c12. The van der Waals surface area contributed by atoms with Gasteiger partial charge in [0.1, 0.15) is 21.9 Å². The zero-order valence-corrected chi connectivity index (χ0v) is 12.8. The van der Waals surface area contributed by atoms with Crippen molar-refractivity contribution in [1.82, 2.24) is 9.97 Å². The molecule has 1 aliphatic rings. The monoisotopic (exact) mass is 307 g/mol. The van der Waals surface area contributed by atoms with Crippen LogP contribution in [0.15, 0.2) is 6.33 Å². The summed E-state index contributed by atoms with van der Waals surface area (Å²) in [5, 5.41) is 10.1. The van der Waals surface area contributed by atoms with Crippen LogP contribution in [0.25, 0.3) is 10.2 Å². The van der Waals surface area contributed by atoms with Crippen molar-refractivity contribution in [3.63, 3.8) is 0 Å². The van der Waals surface area contributed by atoms with Crippen LogP contribution in [-0.2, 0) is 4.74 Å². The van der Waals surface area contributed by atoms with Gasteiger partial charge in [-0.25, -0.2) is 14.8 Å². The van der Waals surface area contributed by atoms with Crippen molar-refractivity contribution in [3.8, 4) is 0 Å². The molecular weight excluding hydrogens is 290 g/mol. The van der Waals surface area contributed by atoms with Crippen LogP contribution in [0.1, 0.15) is 28.1 Å². The Morgan fingerprint density at radius 1 is 1.57 bits per heavy atom. The van der Waals surface area contributed by atoms with E-state index in [1.165, 1.54) is 17.7 Å². The Morgan fingerprint density at radius 3 is 3.05 bits per heavy atom. The highest BCUT2D eigenvalue weighted by atomic mass is 32.1. The summed E-state index contributed by atoms with van der Waals surface area (Å²) in [4.78, 5) is 22.9. The molecule has 1 saturated heterocycles. The lowest BCUT2D eigenvalue weighted by atomic mass is 10.2. The molecule has 6 nitrogen and oxygen atoms in total. The first-order valence-electron chi connectivity index (χ1n) is 6.88. The number of nitrogens with zero attached hydrogens (tertiary/aromatic N) is 3. The van der Waals surface area contributed by atoms with Gasteiger partial charge in [-0.3, -0.25) is 0 Å². The number of fused-ring (bicyclic) bond motifs is 1. The van der Waals surface area contributed by atoms with Crippen LogP contribution in [0.2, 0.25) is 0 Å². The Morgan fingerprint density at radius 2 is 2.38 bits per heavy atom. The van der Waals surface area contributed by atoms with E-state index in [0.717, 1.165) is 42.8 Å². The minimum absolute atomic E-state index is 0.220. The predicted octanol–water partition coefficient (Wildman–Crippen LogP) is 2.31. The second kappa shape index (κ2) is 5.57. The fourth-order valence-corrected chi connectivity index (χ4v) is 3.71. The lowest BCUT2D eigenvalue weighted by Gasteiger charge is -2.22. The van der Waals surface area contributed by atoms with Gasteiger partial charge in [-0.05, 0) is 25.3 Å². The average Bonchev–Trinajstić information content (AvgIpc) is 3.07. The third-order valence-electron chi connectivity index (χ3n) is 3.76. The van der Waals surface area contributed by atoms with Gasteiger partial charge in [0.2, 0.25) is 0 Å². The summed E-state index contributed by atoms with van der Waals surface area (Å²) in [7, 11) is 1.96. The number of aryl methyl sites for hydroxylation is 1. The number of hydrogen-bond acceptors (Lipinski definition) is 6. The maximum Gasteiger partial charge on any atom is 0.346 e. The normalized spacial score (nSPS) is 18.3. The van der Waals surface area contributed by atoms with Crippen molar-refractivity contribution in [1.29, 1.82) is 0 Å². The van der Waals surface area contributed by atoms with Gasteiger partial charge in [0.05, 0.1) is 11.5 Å². The van der Waals surface area contributed by atoms with Gasteiger partial charge in [-0.1, -0.05) is 0 Å². The van der Waals surface area contributed by atoms with Crippen LogP contribution in [0.5, 0.6) is 0 Å². The molecule has 1 unspecified atom stereocenters. The number of carboxylic acids is 1. The van der Waals surface area contributed by atoms with Gasteiger partial charge < -0.3 is 14.7 Å². The van der Waals surface area contributed by atoms with Gasteiger partial charge in [0.15, 0.2) is 0 Å². The van der Waals surface area contributed by atoms with Gasteiger partial charge in [0.25, 0.3) is 0 Å². The summed E-state index contributed by atoms with van der Waals surface area (Å²) in [6.45, 7) is 3.39. The molecule has 3 rings (SSSR count). The van der Waals surface area contributed by atoms with Crippen molar-refractivity contribution in [2.75, 3.05) is 25.1 Å². The van der Waals surface area contributed by atoms with E-state index in [-0.39, 0.29) is 6.10 Å². The van der Waals surface area contributed by atoms with Gasteiger partial charge >= 0.3 is 5.97 Å². The zero-order valence-electron chi connectivity index (χ0n) is 12.0. The Kier molecular flexibility index (Phi) is 3.77. The van der Waals surface area contributed by atoms with Crippen LogP contribution < -0.4 is 4.90 Å². The van der Waals surface area contributed by atoms with Crippen LogP contribution in [-0.4, -0.2) is 47.3 Å². The Balaban J connectivity index is 1.99. The first-order valence-corrected chi connectivity index (χ1v) is 7.69. The highest BCUT2D eigenvalue weighted by Gasteiger charge is 2.23. The van der Waals surface area contributed by atoms with E-state index in [0.29, 0.717) is 9.71 Å². The number of aromatic carboxylic acids is 1. The number of likely N-dealkylation sites (N-methyl/N-ethyl adjacent to an activating group) is 1. The van der Waals surface area contributed by atoms with E-state index >= 15 is 0 Å². The number of anilines is 1. The molecule has 0 bridgehead atoms. The highest BCUT2D eigenvalue weighted by molar-refractivity contribution is 7.20. The number of ether oxygens (including phenoxy) is 1. The molecule has 1 atom stereocenters. The van der Waals surface area contributed by atoms with Crippen molar-refractivity contribution >= 4 is 33.3 Å². The molecule has 2 aromatic heterocycles. The van der Waals surface area contributed by atoms with E-state index in [4.69, 9.17) is 4.74 Å². The second-order valence-electron chi connectivity index (χ2n) is 5.25. The number of carbonyl (C=O) groups is 1. The highest BCUT2D eigenvalue weighted by Crippen LogP contribution is 2.34. The van der Waals surface area contributed by atoms with E-state index < -0.39 is 5.97 Å². The Labute approximate surface area is 126 Å². The number of thiophene rings is 1. The third kappa shape index (κ3) is 2.58. The Hall–Kier alpha value is -1.73. The van der Waals surface area contributed by atoms with Gasteiger partial charge in [0, 0.05) is 20.2 Å². The van der Waals surface area contributed by atoms with Gasteiger partial charge in [-0.15, -0.1) is 11.3 Å². The molecule has 0 saturated carbocycles. The molecule has 0 radical (unpaired) electrons. The van der Waals surface area contributed by atoms with Crippen molar-refractivity contribution in [2.24, 2.45) is 0 Å². The molecule has 0 spiro atoms. The lowest BCUT2D eigenvalue weighted by Crippen LogP contribution is -2.29. The summed E-state index contributed by atoms with van der Waals surface area (Å²) in [6.07, 6.45) is 3.86. The zero-order chi connectivity index (χ0) is 15.0. The van der Waals surface area contributed by atoms with Crippen LogP contribution in [0.3, 0.4) is 0 Å². The number of hydrogen-bond donors (Lipinski definition) is 1. The molecular formula is C14H17N3O3S. The largest absolute Gasteiger partial charge is 0.477 e. The summed E-state index contributed by atoms with van der Waals surface area (Å²) in [6, 6.07) is 0. The Bertz CT molecular complexity index is 679. The minimum atomic E-state index is -0.914.